The molecule has 0 unspecified atom stereocenters. The number of thiazole rings is 1. The molecule has 19 heavy (non-hydrogen) atoms. The van der Waals surface area contributed by atoms with E-state index in [-0.39, 0.29) is 22.1 Å². The van der Waals surface area contributed by atoms with Gasteiger partial charge in [-0.25, -0.2) is 9.37 Å². The van der Waals surface area contributed by atoms with Crippen molar-refractivity contribution in [2.45, 2.75) is 0 Å². The van der Waals surface area contributed by atoms with Gasteiger partial charge in [0.15, 0.2) is 5.13 Å². The summed E-state index contributed by atoms with van der Waals surface area (Å²) >= 11 is 1.09. The number of carbonyl (C=O) groups is 2. The Hall–Kier alpha value is -2.48. The summed E-state index contributed by atoms with van der Waals surface area (Å²) in [5.74, 6) is -2.01. The summed E-state index contributed by atoms with van der Waals surface area (Å²) in [6, 6.07) is 3.44. The third kappa shape index (κ3) is 2.86. The van der Waals surface area contributed by atoms with Gasteiger partial charge in [-0.2, -0.15) is 0 Å². The van der Waals surface area contributed by atoms with Crippen LogP contribution in [0.15, 0.2) is 23.6 Å². The lowest BCUT2D eigenvalue weighted by molar-refractivity contribution is 0.0995. The second kappa shape index (κ2) is 5.02. The van der Waals surface area contributed by atoms with Crippen LogP contribution in [0.4, 0.5) is 15.2 Å². The number of benzene rings is 1. The van der Waals surface area contributed by atoms with Gasteiger partial charge in [0.1, 0.15) is 11.5 Å². The van der Waals surface area contributed by atoms with Gasteiger partial charge in [0.05, 0.1) is 5.69 Å². The first-order chi connectivity index (χ1) is 8.97. The van der Waals surface area contributed by atoms with Crippen LogP contribution in [0, 0.1) is 5.82 Å². The molecule has 0 aliphatic carbocycles. The van der Waals surface area contributed by atoms with Gasteiger partial charge in [0, 0.05) is 10.9 Å². The molecule has 1 aromatic heterocycles. The molecule has 0 atom stereocenters. The number of carbonyl (C=O) groups excluding carboxylic acids is 2. The highest BCUT2D eigenvalue weighted by Crippen LogP contribution is 2.18. The Balaban J connectivity index is 2.25. The summed E-state index contributed by atoms with van der Waals surface area (Å²) in [6.45, 7) is 0. The van der Waals surface area contributed by atoms with E-state index >= 15 is 0 Å². The van der Waals surface area contributed by atoms with Crippen LogP contribution in [-0.4, -0.2) is 16.8 Å². The van der Waals surface area contributed by atoms with E-state index in [0.717, 1.165) is 23.5 Å². The fraction of sp³-hybridized carbons (Fsp3) is 0. The van der Waals surface area contributed by atoms with Crippen LogP contribution < -0.4 is 16.8 Å². The smallest absolute Gasteiger partial charge is 0.275 e. The van der Waals surface area contributed by atoms with Crippen molar-refractivity contribution < 1.29 is 14.0 Å². The van der Waals surface area contributed by atoms with E-state index in [4.69, 9.17) is 11.5 Å². The van der Waals surface area contributed by atoms with Gasteiger partial charge in [-0.1, -0.05) is 0 Å². The Morgan fingerprint density at radius 3 is 2.68 bits per heavy atom. The number of aromatic nitrogens is 1. The highest BCUT2D eigenvalue weighted by atomic mass is 32.1. The molecule has 2 aromatic rings. The zero-order chi connectivity index (χ0) is 14.0. The van der Waals surface area contributed by atoms with Crippen LogP contribution in [0.1, 0.15) is 20.8 Å². The molecule has 5 N–H and O–H groups in total. The van der Waals surface area contributed by atoms with E-state index in [0.29, 0.717) is 0 Å². The zero-order valence-electron chi connectivity index (χ0n) is 9.51. The molecule has 8 heteroatoms. The minimum Gasteiger partial charge on any atom is -0.375 e. The lowest BCUT2D eigenvalue weighted by Crippen LogP contribution is -2.16. The number of nitrogens with two attached hydrogens (primary N) is 2. The van der Waals surface area contributed by atoms with Crippen LogP contribution in [0.2, 0.25) is 0 Å². The number of hydrogen-bond acceptors (Lipinski definition) is 5. The van der Waals surface area contributed by atoms with Crippen molar-refractivity contribution in [1.82, 2.24) is 4.98 Å². The minimum absolute atomic E-state index is 0.0754. The number of rotatable bonds is 3. The van der Waals surface area contributed by atoms with Crippen LogP contribution in [0.25, 0.3) is 0 Å². The number of nitrogens with zero attached hydrogens (tertiary/aromatic N) is 1. The second-order valence-corrected chi connectivity index (χ2v) is 4.47. The lowest BCUT2D eigenvalue weighted by atomic mass is 10.2. The number of nitrogens with one attached hydrogen (secondary N) is 1. The van der Waals surface area contributed by atoms with Crippen LogP contribution >= 0.6 is 11.3 Å². The zero-order valence-corrected chi connectivity index (χ0v) is 10.3. The molecule has 0 radical (unpaired) electrons. The van der Waals surface area contributed by atoms with Crippen molar-refractivity contribution in [3.8, 4) is 0 Å². The molecule has 0 saturated carbocycles. The van der Waals surface area contributed by atoms with Gasteiger partial charge in [-0.05, 0) is 18.2 Å². The van der Waals surface area contributed by atoms with E-state index in [1.807, 2.05) is 0 Å². The summed E-state index contributed by atoms with van der Waals surface area (Å²) in [4.78, 5) is 26.5. The normalized spacial score (nSPS) is 10.2. The highest BCUT2D eigenvalue weighted by Gasteiger charge is 2.13. The van der Waals surface area contributed by atoms with Gasteiger partial charge >= 0.3 is 0 Å². The number of anilines is 2. The molecular formula is C11H9FN4O2S. The van der Waals surface area contributed by atoms with E-state index < -0.39 is 17.6 Å². The van der Waals surface area contributed by atoms with Gasteiger partial charge in [-0.3, -0.25) is 9.59 Å². The molecule has 98 valence electrons. The second-order valence-electron chi connectivity index (χ2n) is 3.58. The molecule has 0 fully saturated rings. The average Bonchev–Trinajstić information content (AvgIpc) is 2.78. The Bertz CT molecular complexity index is 656. The first kappa shape index (κ1) is 13.0. The average molecular weight is 280 g/mol. The number of hydrogen-bond donors (Lipinski definition) is 3. The molecule has 2 amide bonds. The Morgan fingerprint density at radius 2 is 2.11 bits per heavy atom. The van der Waals surface area contributed by atoms with Crippen molar-refractivity contribution in [1.29, 1.82) is 0 Å². The standard InChI is InChI=1S/C11H9FN4O2S/c12-6-2-1-5(9(13)17)3-7(6)15-10(18)8-4-19-11(14)16-8/h1-4H,(H2,13,17)(H2,14,16)(H,15,18). The molecular weight excluding hydrogens is 271 g/mol. The predicted molar refractivity (Wildman–Crippen MR) is 69.4 cm³/mol. The number of primary amides is 1. The number of amides is 2. The summed E-state index contributed by atoms with van der Waals surface area (Å²) in [7, 11) is 0. The largest absolute Gasteiger partial charge is 0.375 e. The quantitative estimate of drug-likeness (QED) is 0.784. The molecule has 0 aliphatic rings. The summed E-state index contributed by atoms with van der Waals surface area (Å²) in [6.07, 6.45) is 0. The fourth-order valence-corrected chi connectivity index (χ4v) is 1.90. The van der Waals surface area contributed by atoms with E-state index in [1.54, 1.807) is 0 Å². The van der Waals surface area contributed by atoms with Crippen LogP contribution in [0.5, 0.6) is 0 Å². The van der Waals surface area contributed by atoms with Crippen molar-refractivity contribution in [3.63, 3.8) is 0 Å². The first-order valence-corrected chi connectivity index (χ1v) is 5.97. The van der Waals surface area contributed by atoms with Gasteiger partial charge < -0.3 is 16.8 Å². The maximum atomic E-state index is 13.5. The molecule has 1 aromatic carbocycles. The van der Waals surface area contributed by atoms with Crippen LogP contribution in [-0.2, 0) is 0 Å². The summed E-state index contributed by atoms with van der Waals surface area (Å²) in [5, 5.41) is 3.98. The Morgan fingerprint density at radius 1 is 1.37 bits per heavy atom. The van der Waals surface area contributed by atoms with Crippen LogP contribution in [0.3, 0.4) is 0 Å². The molecule has 1 heterocycles. The first-order valence-electron chi connectivity index (χ1n) is 5.09. The molecule has 6 nitrogen and oxygen atoms in total. The molecule has 0 saturated heterocycles. The number of nitrogen functional groups attached to an aromatic ring is 1. The topological polar surface area (TPSA) is 111 Å². The molecule has 0 bridgehead atoms. The minimum atomic E-state index is -0.714. The van der Waals surface area contributed by atoms with E-state index in [1.165, 1.54) is 11.4 Å². The van der Waals surface area contributed by atoms with Crippen molar-refractivity contribution in [2.75, 3.05) is 11.1 Å². The Labute approximate surface area is 111 Å². The maximum Gasteiger partial charge on any atom is 0.275 e. The van der Waals surface area contributed by atoms with Gasteiger partial charge in [0.25, 0.3) is 5.91 Å². The third-order valence-electron chi connectivity index (χ3n) is 2.25. The fourth-order valence-electron chi connectivity index (χ4n) is 1.35. The van der Waals surface area contributed by atoms with E-state index in [9.17, 15) is 14.0 Å². The Kier molecular flexibility index (Phi) is 3.43. The molecule has 0 spiro atoms. The van der Waals surface area contributed by atoms with E-state index in [2.05, 4.69) is 10.3 Å². The third-order valence-corrected chi connectivity index (χ3v) is 2.93. The van der Waals surface area contributed by atoms with Gasteiger partial charge in [-0.15, -0.1) is 11.3 Å². The SMILES string of the molecule is NC(=O)c1ccc(F)c(NC(=O)c2csc(N)n2)c1. The van der Waals surface area contributed by atoms with Crippen molar-refractivity contribution in [2.24, 2.45) is 5.73 Å². The number of halogens is 1. The van der Waals surface area contributed by atoms with Gasteiger partial charge in [0.2, 0.25) is 5.91 Å². The monoisotopic (exact) mass is 280 g/mol. The predicted octanol–water partition coefficient (Wildman–Crippen LogP) is 1.22. The maximum absolute atomic E-state index is 13.5. The lowest BCUT2D eigenvalue weighted by Gasteiger charge is -2.06. The molecule has 0 aliphatic heterocycles. The van der Waals surface area contributed by atoms with Crippen molar-refractivity contribution >= 4 is 34.0 Å². The molecule has 2 rings (SSSR count). The van der Waals surface area contributed by atoms with Crippen molar-refractivity contribution in [3.05, 3.63) is 40.7 Å². The summed E-state index contributed by atoms with van der Waals surface area (Å²) < 4.78 is 13.5. The highest BCUT2D eigenvalue weighted by molar-refractivity contribution is 7.13. The summed E-state index contributed by atoms with van der Waals surface area (Å²) in [5.41, 5.74) is 10.5.